The van der Waals surface area contributed by atoms with Gasteiger partial charge in [-0.15, -0.1) is 0 Å². The lowest BCUT2D eigenvalue weighted by Crippen LogP contribution is -2.37. The second-order valence-corrected chi connectivity index (χ2v) is 6.76. The van der Waals surface area contributed by atoms with Gasteiger partial charge in [-0.25, -0.2) is 9.78 Å². The van der Waals surface area contributed by atoms with Crippen molar-refractivity contribution in [1.82, 2.24) is 9.88 Å². The number of halogens is 3. The number of carbonyl (C=O) groups is 1. The van der Waals surface area contributed by atoms with E-state index in [2.05, 4.69) is 11.1 Å². The van der Waals surface area contributed by atoms with Gasteiger partial charge in [0.1, 0.15) is 11.5 Å². The van der Waals surface area contributed by atoms with Crippen molar-refractivity contribution in [1.29, 1.82) is 0 Å². The highest BCUT2D eigenvalue weighted by molar-refractivity contribution is 5.71. The van der Waals surface area contributed by atoms with E-state index in [0.29, 0.717) is 30.8 Å². The van der Waals surface area contributed by atoms with Gasteiger partial charge in [-0.2, -0.15) is 13.2 Å². The summed E-state index contributed by atoms with van der Waals surface area (Å²) in [7, 11) is 0. The van der Waals surface area contributed by atoms with Crippen LogP contribution in [0.1, 0.15) is 16.7 Å². The minimum absolute atomic E-state index is 0.0275. The summed E-state index contributed by atoms with van der Waals surface area (Å²) >= 11 is 0. The number of amides is 1. The smallest absolute Gasteiger partial charge is 0.417 e. The lowest BCUT2D eigenvalue weighted by Gasteiger charge is -2.27. The van der Waals surface area contributed by atoms with Gasteiger partial charge < -0.3 is 14.4 Å². The van der Waals surface area contributed by atoms with E-state index in [9.17, 15) is 18.0 Å². The third-order valence-corrected chi connectivity index (χ3v) is 4.70. The topological polar surface area (TPSA) is 51.7 Å². The molecule has 1 aliphatic rings. The molecule has 0 N–H and O–H groups in total. The zero-order valence-electron chi connectivity index (χ0n) is 15.7. The average Bonchev–Trinajstić information content (AvgIpc) is 2.74. The number of hydrogen-bond donors (Lipinski definition) is 0. The Morgan fingerprint density at radius 3 is 2.30 bits per heavy atom. The number of benzene rings is 2. The lowest BCUT2D eigenvalue weighted by atomic mass is 10.0. The maximum Gasteiger partial charge on any atom is 0.417 e. The quantitative estimate of drug-likeness (QED) is 0.572. The van der Waals surface area contributed by atoms with Crippen LogP contribution >= 0.6 is 0 Å². The van der Waals surface area contributed by atoms with Crippen molar-refractivity contribution in [2.75, 3.05) is 6.54 Å². The van der Waals surface area contributed by atoms with E-state index in [-0.39, 0.29) is 5.88 Å². The summed E-state index contributed by atoms with van der Waals surface area (Å²) < 4.78 is 48.6. The molecule has 5 nitrogen and oxygen atoms in total. The Morgan fingerprint density at radius 1 is 0.933 bits per heavy atom. The van der Waals surface area contributed by atoms with Crippen molar-refractivity contribution in [2.45, 2.75) is 19.1 Å². The predicted octanol–water partition coefficient (Wildman–Crippen LogP) is 5.45. The normalized spacial score (nSPS) is 13.5. The summed E-state index contributed by atoms with van der Waals surface area (Å²) in [5, 5.41) is 0. The van der Waals surface area contributed by atoms with Gasteiger partial charge in [0.05, 0.1) is 5.56 Å². The summed E-state index contributed by atoms with van der Waals surface area (Å²) in [6.45, 7) is 1.08. The first-order valence-electron chi connectivity index (χ1n) is 9.23. The van der Waals surface area contributed by atoms with Crippen LogP contribution in [0.5, 0.6) is 17.4 Å². The van der Waals surface area contributed by atoms with E-state index in [1.807, 2.05) is 18.2 Å². The Labute approximate surface area is 170 Å². The number of nitrogens with zero attached hydrogens (tertiary/aromatic N) is 2. The zero-order chi connectivity index (χ0) is 21.1. The molecule has 2 aromatic carbocycles. The van der Waals surface area contributed by atoms with Gasteiger partial charge in [0, 0.05) is 25.4 Å². The van der Waals surface area contributed by atoms with Gasteiger partial charge in [-0.1, -0.05) is 24.3 Å². The first-order chi connectivity index (χ1) is 14.4. The van der Waals surface area contributed by atoms with Crippen LogP contribution in [0.15, 0.2) is 66.9 Å². The van der Waals surface area contributed by atoms with Crippen LogP contribution in [-0.4, -0.2) is 22.5 Å². The van der Waals surface area contributed by atoms with Crippen molar-refractivity contribution in [3.63, 3.8) is 0 Å². The van der Waals surface area contributed by atoms with Crippen molar-refractivity contribution in [3.8, 4) is 17.4 Å². The number of rotatable bonds is 3. The second-order valence-electron chi connectivity index (χ2n) is 6.76. The molecule has 0 radical (unpaired) electrons. The molecule has 3 aromatic rings. The molecule has 1 aromatic heterocycles. The highest BCUT2D eigenvalue weighted by atomic mass is 19.4. The largest absolute Gasteiger partial charge is 0.439 e. The minimum Gasteiger partial charge on any atom is -0.439 e. The molecule has 0 aliphatic carbocycles. The predicted molar refractivity (Wildman–Crippen MR) is 102 cm³/mol. The third kappa shape index (κ3) is 4.53. The molecule has 1 amide bonds. The van der Waals surface area contributed by atoms with Gasteiger partial charge in [-0.3, -0.25) is 0 Å². The molecule has 4 rings (SSSR count). The van der Waals surface area contributed by atoms with E-state index in [4.69, 9.17) is 9.47 Å². The molecule has 154 valence electrons. The summed E-state index contributed by atoms with van der Waals surface area (Å²) in [6, 6.07) is 16.2. The van der Waals surface area contributed by atoms with Crippen LogP contribution in [0.25, 0.3) is 0 Å². The fourth-order valence-electron chi connectivity index (χ4n) is 3.12. The van der Waals surface area contributed by atoms with Crippen LogP contribution in [0, 0.1) is 0 Å². The van der Waals surface area contributed by atoms with Crippen LogP contribution < -0.4 is 9.47 Å². The van der Waals surface area contributed by atoms with Crippen LogP contribution in [0.4, 0.5) is 18.0 Å². The summed E-state index contributed by atoms with van der Waals surface area (Å²) in [5.74, 6) is 0.722. The van der Waals surface area contributed by atoms with Crippen molar-refractivity contribution in [2.24, 2.45) is 0 Å². The first kappa shape index (κ1) is 19.8. The number of aromatic nitrogens is 1. The molecule has 0 unspecified atom stereocenters. The Bertz CT molecular complexity index is 1030. The van der Waals surface area contributed by atoms with Gasteiger partial charge >= 0.3 is 12.3 Å². The van der Waals surface area contributed by atoms with Crippen LogP contribution in [0.2, 0.25) is 0 Å². The van der Waals surface area contributed by atoms with Crippen LogP contribution in [-0.2, 0) is 19.1 Å². The number of ether oxygens (including phenoxy) is 2. The van der Waals surface area contributed by atoms with Crippen molar-refractivity contribution in [3.05, 3.63) is 83.6 Å². The van der Waals surface area contributed by atoms with Gasteiger partial charge in [0.25, 0.3) is 0 Å². The van der Waals surface area contributed by atoms with Gasteiger partial charge in [0.2, 0.25) is 5.88 Å². The number of fused-ring (bicyclic) bond motifs is 1. The number of pyridine rings is 1. The fourth-order valence-corrected chi connectivity index (χ4v) is 3.12. The number of alkyl halides is 3. The molecule has 0 spiro atoms. The van der Waals surface area contributed by atoms with Gasteiger partial charge in [0.15, 0.2) is 0 Å². The SMILES string of the molecule is O=C(Oc1ccc(Oc2ccc(C(F)(F)F)cn2)cc1)N1CCc2ccccc2C1. The first-order valence-corrected chi connectivity index (χ1v) is 9.23. The lowest BCUT2D eigenvalue weighted by molar-refractivity contribution is -0.137. The van der Waals surface area contributed by atoms with E-state index in [0.717, 1.165) is 24.1 Å². The molecule has 0 bridgehead atoms. The standard InChI is InChI=1S/C22H17F3N2O3/c23-22(24,25)17-5-10-20(26-13-17)29-18-6-8-19(9-7-18)30-21(28)27-12-11-15-3-1-2-4-16(15)14-27/h1-10,13H,11-12,14H2. The molecule has 8 heteroatoms. The molecule has 30 heavy (non-hydrogen) atoms. The highest BCUT2D eigenvalue weighted by Crippen LogP contribution is 2.30. The second kappa shape index (κ2) is 8.06. The Balaban J connectivity index is 1.35. The molecule has 0 fully saturated rings. The number of carbonyl (C=O) groups excluding carboxylic acids is 1. The van der Waals surface area contributed by atoms with Gasteiger partial charge in [-0.05, 0) is 47.9 Å². The minimum atomic E-state index is -4.45. The van der Waals surface area contributed by atoms with E-state index < -0.39 is 17.8 Å². The Morgan fingerprint density at radius 2 is 1.63 bits per heavy atom. The maximum absolute atomic E-state index is 12.6. The molecule has 0 atom stereocenters. The van der Waals surface area contributed by atoms with E-state index in [1.54, 1.807) is 29.2 Å². The summed E-state index contributed by atoms with van der Waals surface area (Å²) in [5.41, 5.74) is 1.49. The van der Waals surface area contributed by atoms with Crippen molar-refractivity contribution >= 4 is 6.09 Å². The Kier molecular flexibility index (Phi) is 5.31. The Hall–Kier alpha value is -3.55. The average molecular weight is 414 g/mol. The highest BCUT2D eigenvalue weighted by Gasteiger charge is 2.30. The monoisotopic (exact) mass is 414 g/mol. The van der Waals surface area contributed by atoms with E-state index >= 15 is 0 Å². The fraction of sp³-hybridized carbons (Fsp3) is 0.182. The summed E-state index contributed by atoms with van der Waals surface area (Å²) in [6.07, 6.45) is -3.41. The van der Waals surface area contributed by atoms with E-state index in [1.165, 1.54) is 5.56 Å². The molecule has 0 saturated carbocycles. The molecular weight excluding hydrogens is 397 g/mol. The zero-order valence-corrected chi connectivity index (χ0v) is 15.7. The molecule has 0 saturated heterocycles. The number of hydrogen-bond acceptors (Lipinski definition) is 4. The molecule has 1 aliphatic heterocycles. The third-order valence-electron chi connectivity index (χ3n) is 4.70. The van der Waals surface area contributed by atoms with Crippen LogP contribution in [0.3, 0.4) is 0 Å². The summed E-state index contributed by atoms with van der Waals surface area (Å²) in [4.78, 5) is 17.7. The molecular formula is C22H17F3N2O3. The van der Waals surface area contributed by atoms with Crippen molar-refractivity contribution < 1.29 is 27.4 Å². The maximum atomic E-state index is 12.6. The molecule has 2 heterocycles.